The van der Waals surface area contributed by atoms with Crippen LogP contribution in [-0.4, -0.2) is 11.1 Å². The monoisotopic (exact) mass is 634 g/mol. The Morgan fingerprint density at radius 1 is 1.00 bits per heavy atom. The number of hydrogen-bond donors (Lipinski definition) is 1. The highest BCUT2D eigenvalue weighted by molar-refractivity contribution is 14.1. The van der Waals surface area contributed by atoms with Crippen molar-refractivity contribution < 1.29 is 14.6 Å². The fourth-order valence-electron chi connectivity index (χ4n) is 1.88. The fraction of sp³-hybridized carbons (Fsp3) is 0.188. The zero-order chi connectivity index (χ0) is 16.1. The summed E-state index contributed by atoms with van der Waals surface area (Å²) >= 11 is 6.75. The smallest absolute Gasteiger partial charge is 0.303 e. The molecule has 0 aromatic heterocycles. The van der Waals surface area contributed by atoms with Gasteiger partial charge in [0.2, 0.25) is 0 Å². The van der Waals surface area contributed by atoms with E-state index in [2.05, 4.69) is 92.0 Å². The Balaban J connectivity index is 2.07. The maximum absolute atomic E-state index is 10.7. The molecule has 22 heavy (non-hydrogen) atoms. The van der Waals surface area contributed by atoms with Gasteiger partial charge in [-0.25, -0.2) is 0 Å². The number of benzene rings is 2. The molecule has 0 amide bonds. The van der Waals surface area contributed by atoms with Gasteiger partial charge in [-0.2, -0.15) is 0 Å². The Labute approximate surface area is 170 Å². The van der Waals surface area contributed by atoms with Crippen LogP contribution in [0.25, 0.3) is 0 Å². The van der Waals surface area contributed by atoms with Crippen LogP contribution in [0.3, 0.4) is 0 Å². The van der Waals surface area contributed by atoms with Gasteiger partial charge in [-0.1, -0.05) is 12.1 Å². The number of carbonyl (C=O) groups is 1. The minimum atomic E-state index is -0.774. The molecule has 3 nitrogen and oxygen atoms in total. The van der Waals surface area contributed by atoms with Crippen molar-refractivity contribution in [2.45, 2.75) is 19.4 Å². The molecule has 0 atom stereocenters. The van der Waals surface area contributed by atoms with Crippen molar-refractivity contribution in [3.63, 3.8) is 0 Å². The van der Waals surface area contributed by atoms with Gasteiger partial charge in [-0.05, 0) is 110 Å². The van der Waals surface area contributed by atoms with Gasteiger partial charge in [-0.3, -0.25) is 4.79 Å². The zero-order valence-electron chi connectivity index (χ0n) is 11.5. The minimum absolute atomic E-state index is 0.148. The van der Waals surface area contributed by atoms with Gasteiger partial charge >= 0.3 is 5.97 Å². The zero-order valence-corrected chi connectivity index (χ0v) is 18.0. The Hall–Kier alpha value is -0.100. The SMILES string of the molecule is O=C(O)CCc1cc(I)c(OCc2ccc(I)cc2)c(I)c1. The Bertz CT molecular complexity index is 646. The molecule has 2 aromatic carbocycles. The van der Waals surface area contributed by atoms with E-state index in [0.29, 0.717) is 13.0 Å². The summed E-state index contributed by atoms with van der Waals surface area (Å²) in [5, 5.41) is 8.77. The standard InChI is InChI=1S/C16H13I3O3/c17-12-4-1-10(2-5-12)9-22-16-13(18)7-11(8-14(16)19)3-6-15(20)21/h1-2,4-5,7-8H,3,6,9H2,(H,20,21). The molecule has 0 radical (unpaired) electrons. The van der Waals surface area contributed by atoms with Crippen LogP contribution in [0.2, 0.25) is 0 Å². The topological polar surface area (TPSA) is 46.5 Å². The van der Waals surface area contributed by atoms with Gasteiger partial charge in [0, 0.05) is 9.99 Å². The van der Waals surface area contributed by atoms with E-state index >= 15 is 0 Å². The number of carboxylic acid groups (broad SMARTS) is 1. The van der Waals surface area contributed by atoms with E-state index in [1.54, 1.807) is 0 Å². The van der Waals surface area contributed by atoms with Crippen molar-refractivity contribution in [1.82, 2.24) is 0 Å². The number of aryl methyl sites for hydroxylation is 1. The van der Waals surface area contributed by atoms with E-state index in [9.17, 15) is 4.79 Å². The van der Waals surface area contributed by atoms with Gasteiger partial charge in [0.05, 0.1) is 7.14 Å². The quantitative estimate of drug-likeness (QED) is 0.451. The summed E-state index contributed by atoms with van der Waals surface area (Å²) in [7, 11) is 0. The van der Waals surface area contributed by atoms with Crippen LogP contribution >= 0.6 is 67.8 Å². The Kier molecular flexibility index (Phi) is 7.19. The van der Waals surface area contributed by atoms with Crippen LogP contribution < -0.4 is 4.74 Å². The van der Waals surface area contributed by atoms with Gasteiger partial charge in [0.1, 0.15) is 12.4 Å². The molecule has 0 saturated carbocycles. The van der Waals surface area contributed by atoms with Crippen LogP contribution in [0, 0.1) is 10.7 Å². The fourth-order valence-corrected chi connectivity index (χ4v) is 4.45. The van der Waals surface area contributed by atoms with Crippen LogP contribution in [0.1, 0.15) is 17.5 Å². The lowest BCUT2D eigenvalue weighted by molar-refractivity contribution is -0.136. The number of hydrogen-bond acceptors (Lipinski definition) is 2. The third-order valence-electron chi connectivity index (χ3n) is 2.98. The minimum Gasteiger partial charge on any atom is -0.487 e. The maximum Gasteiger partial charge on any atom is 0.303 e. The normalized spacial score (nSPS) is 10.5. The van der Waals surface area contributed by atoms with Gasteiger partial charge in [-0.15, -0.1) is 0 Å². The molecule has 0 aliphatic heterocycles. The van der Waals surface area contributed by atoms with Crippen molar-refractivity contribution in [3.8, 4) is 5.75 Å². The van der Waals surface area contributed by atoms with Crippen molar-refractivity contribution in [2.75, 3.05) is 0 Å². The number of halogens is 3. The lowest BCUT2D eigenvalue weighted by Gasteiger charge is -2.12. The Morgan fingerprint density at radius 3 is 2.14 bits per heavy atom. The molecule has 1 N–H and O–H groups in total. The molecule has 116 valence electrons. The van der Waals surface area contributed by atoms with Crippen molar-refractivity contribution in [1.29, 1.82) is 0 Å². The number of aliphatic carboxylic acids is 1. The second-order valence-electron chi connectivity index (χ2n) is 4.70. The van der Waals surface area contributed by atoms with E-state index in [1.165, 1.54) is 3.57 Å². The van der Waals surface area contributed by atoms with E-state index in [0.717, 1.165) is 24.0 Å². The van der Waals surface area contributed by atoms with Crippen molar-refractivity contribution >= 4 is 73.7 Å². The highest BCUT2D eigenvalue weighted by atomic mass is 127. The lowest BCUT2D eigenvalue weighted by Crippen LogP contribution is -2.02. The molecular formula is C16H13I3O3. The van der Waals surface area contributed by atoms with Crippen LogP contribution in [-0.2, 0) is 17.8 Å². The summed E-state index contributed by atoms with van der Waals surface area (Å²) < 4.78 is 9.16. The van der Waals surface area contributed by atoms with Gasteiger partial charge in [0.15, 0.2) is 0 Å². The number of carboxylic acids is 1. The largest absolute Gasteiger partial charge is 0.487 e. The first-order valence-corrected chi connectivity index (χ1v) is 9.76. The van der Waals surface area contributed by atoms with Crippen LogP contribution in [0.4, 0.5) is 0 Å². The number of rotatable bonds is 6. The average Bonchev–Trinajstić information content (AvgIpc) is 2.46. The summed E-state index contributed by atoms with van der Waals surface area (Å²) in [6.45, 7) is 0.525. The first-order chi connectivity index (χ1) is 10.5. The molecule has 0 unspecified atom stereocenters. The molecule has 0 aliphatic rings. The first-order valence-electron chi connectivity index (χ1n) is 6.52. The second kappa shape index (κ2) is 8.67. The summed E-state index contributed by atoms with van der Waals surface area (Å²) in [5.41, 5.74) is 2.15. The summed E-state index contributed by atoms with van der Waals surface area (Å²) in [6.07, 6.45) is 0.688. The van der Waals surface area contributed by atoms with Crippen LogP contribution in [0.15, 0.2) is 36.4 Å². The summed E-state index contributed by atoms with van der Waals surface area (Å²) in [6, 6.07) is 12.2. The first kappa shape index (κ1) is 18.2. The van der Waals surface area contributed by atoms with E-state index in [1.807, 2.05) is 12.1 Å². The Morgan fingerprint density at radius 2 is 1.59 bits per heavy atom. The van der Waals surface area contributed by atoms with Gasteiger partial charge < -0.3 is 9.84 Å². The highest BCUT2D eigenvalue weighted by Crippen LogP contribution is 2.30. The predicted octanol–water partition coefficient (Wildman–Crippen LogP) is 5.10. The molecule has 2 aromatic rings. The molecule has 0 aliphatic carbocycles. The van der Waals surface area contributed by atoms with E-state index < -0.39 is 5.97 Å². The predicted molar refractivity (Wildman–Crippen MR) is 111 cm³/mol. The molecule has 0 spiro atoms. The van der Waals surface area contributed by atoms with E-state index in [-0.39, 0.29) is 6.42 Å². The van der Waals surface area contributed by atoms with Crippen LogP contribution in [0.5, 0.6) is 5.75 Å². The molecule has 0 bridgehead atoms. The average molecular weight is 634 g/mol. The molecular weight excluding hydrogens is 621 g/mol. The molecule has 0 heterocycles. The summed E-state index contributed by atoms with van der Waals surface area (Å²) in [5.74, 6) is 0.0860. The van der Waals surface area contributed by atoms with E-state index in [4.69, 9.17) is 9.84 Å². The molecule has 2 rings (SSSR count). The van der Waals surface area contributed by atoms with Gasteiger partial charge in [0.25, 0.3) is 0 Å². The second-order valence-corrected chi connectivity index (χ2v) is 8.27. The molecule has 0 saturated heterocycles. The van der Waals surface area contributed by atoms with Crippen molar-refractivity contribution in [3.05, 3.63) is 58.2 Å². The number of ether oxygens (including phenoxy) is 1. The third-order valence-corrected chi connectivity index (χ3v) is 5.30. The highest BCUT2D eigenvalue weighted by Gasteiger charge is 2.10. The maximum atomic E-state index is 10.7. The van der Waals surface area contributed by atoms with Crippen molar-refractivity contribution in [2.24, 2.45) is 0 Å². The third kappa shape index (κ3) is 5.52. The molecule has 0 fully saturated rings. The lowest BCUT2D eigenvalue weighted by atomic mass is 10.1. The molecule has 6 heteroatoms. The summed E-state index contributed by atoms with van der Waals surface area (Å²) in [4.78, 5) is 10.7.